The number of benzene rings is 1. The summed E-state index contributed by atoms with van der Waals surface area (Å²) in [5, 5.41) is 14.3. The second-order valence-corrected chi connectivity index (χ2v) is 9.88. The van der Waals surface area contributed by atoms with Gasteiger partial charge >= 0.3 is 5.97 Å². The number of nitrogens with one attached hydrogen (secondary N) is 1. The number of thiophene rings is 1. The van der Waals surface area contributed by atoms with Gasteiger partial charge in [-0.3, -0.25) is 9.59 Å². The third kappa shape index (κ3) is 6.22. The van der Waals surface area contributed by atoms with Crippen LogP contribution in [0.5, 0.6) is 0 Å². The summed E-state index contributed by atoms with van der Waals surface area (Å²) in [6.07, 6.45) is 4.29. The van der Waals surface area contributed by atoms with Crippen LogP contribution in [0, 0.1) is 5.92 Å². The van der Waals surface area contributed by atoms with Gasteiger partial charge in [0.2, 0.25) is 0 Å². The zero-order valence-corrected chi connectivity index (χ0v) is 20.8. The monoisotopic (exact) mass is 469 g/mol. The maximum absolute atomic E-state index is 13.0. The zero-order chi connectivity index (χ0) is 24.0. The molecule has 1 amide bonds. The molecule has 7 heteroatoms. The molecular formula is C26H35N3O3S. The van der Waals surface area contributed by atoms with Crippen LogP contribution >= 0.6 is 11.3 Å². The summed E-state index contributed by atoms with van der Waals surface area (Å²) in [4.78, 5) is 30.5. The highest BCUT2D eigenvalue weighted by Gasteiger charge is 2.22. The number of carbonyl (C=O) groups excluding carboxylic acids is 1. The Morgan fingerprint density at radius 1 is 1.15 bits per heavy atom. The van der Waals surface area contributed by atoms with Gasteiger partial charge in [0.1, 0.15) is 5.82 Å². The topological polar surface area (TPSA) is 84.2 Å². The molecule has 3 aromatic rings. The average Bonchev–Trinajstić information content (AvgIpc) is 3.42. The van der Waals surface area contributed by atoms with Crippen molar-refractivity contribution in [2.75, 3.05) is 0 Å². The fourth-order valence-corrected chi connectivity index (χ4v) is 5.07. The van der Waals surface area contributed by atoms with Gasteiger partial charge in [-0.05, 0) is 54.8 Å². The second-order valence-electron chi connectivity index (χ2n) is 8.85. The van der Waals surface area contributed by atoms with E-state index in [4.69, 9.17) is 4.98 Å². The van der Waals surface area contributed by atoms with Crippen molar-refractivity contribution in [1.29, 1.82) is 0 Å². The fraction of sp³-hybridized carbons (Fsp3) is 0.500. The summed E-state index contributed by atoms with van der Waals surface area (Å²) < 4.78 is 2.33. The molecule has 0 bridgehead atoms. The van der Waals surface area contributed by atoms with Crippen molar-refractivity contribution in [2.24, 2.45) is 5.92 Å². The van der Waals surface area contributed by atoms with Crippen molar-refractivity contribution in [1.82, 2.24) is 14.9 Å². The zero-order valence-electron chi connectivity index (χ0n) is 20.0. The van der Waals surface area contributed by atoms with Crippen molar-refractivity contribution in [3.8, 4) is 0 Å². The lowest BCUT2D eigenvalue weighted by Gasteiger charge is -2.20. The summed E-state index contributed by atoms with van der Waals surface area (Å²) in [7, 11) is 0. The minimum atomic E-state index is -0.902. The molecule has 0 aliphatic rings. The molecule has 2 aromatic heterocycles. The molecule has 33 heavy (non-hydrogen) atoms. The van der Waals surface area contributed by atoms with Crippen molar-refractivity contribution in [2.45, 2.75) is 78.3 Å². The van der Waals surface area contributed by atoms with E-state index in [1.54, 1.807) is 11.3 Å². The van der Waals surface area contributed by atoms with Crippen LogP contribution in [0.4, 0.5) is 0 Å². The Kier molecular flexibility index (Phi) is 8.67. The Labute approximate surface area is 200 Å². The molecule has 3 rings (SSSR count). The predicted octanol–water partition coefficient (Wildman–Crippen LogP) is 6.06. The molecule has 0 aliphatic heterocycles. The number of aromatic nitrogens is 2. The van der Waals surface area contributed by atoms with Gasteiger partial charge in [-0.1, -0.05) is 40.2 Å². The van der Waals surface area contributed by atoms with Crippen LogP contribution in [-0.4, -0.2) is 32.6 Å². The highest BCUT2D eigenvalue weighted by Crippen LogP contribution is 2.28. The summed E-state index contributed by atoms with van der Waals surface area (Å²) in [6, 6.07) is 9.78. The first kappa shape index (κ1) is 25.0. The van der Waals surface area contributed by atoms with Gasteiger partial charge in [-0.25, -0.2) is 4.98 Å². The molecule has 1 unspecified atom stereocenters. The number of rotatable bonds is 12. The van der Waals surface area contributed by atoms with E-state index in [2.05, 4.69) is 55.1 Å². The van der Waals surface area contributed by atoms with Crippen LogP contribution < -0.4 is 5.32 Å². The van der Waals surface area contributed by atoms with E-state index < -0.39 is 12.0 Å². The normalized spacial score (nSPS) is 13.4. The van der Waals surface area contributed by atoms with E-state index in [9.17, 15) is 14.7 Å². The molecule has 0 spiro atoms. The first-order chi connectivity index (χ1) is 15.9. The minimum absolute atomic E-state index is 0.0768. The van der Waals surface area contributed by atoms with Crippen LogP contribution in [0.3, 0.4) is 0 Å². The lowest BCUT2D eigenvalue weighted by Crippen LogP contribution is -2.37. The van der Waals surface area contributed by atoms with Crippen molar-refractivity contribution >= 4 is 34.2 Å². The van der Waals surface area contributed by atoms with E-state index >= 15 is 0 Å². The Morgan fingerprint density at radius 2 is 1.91 bits per heavy atom. The number of fused-ring (bicyclic) bond motifs is 1. The number of nitrogens with zero attached hydrogens (tertiary/aromatic N) is 2. The van der Waals surface area contributed by atoms with Crippen LogP contribution in [0.25, 0.3) is 11.0 Å². The molecule has 6 nitrogen and oxygen atoms in total. The van der Waals surface area contributed by atoms with Gasteiger partial charge in [0.25, 0.3) is 5.91 Å². The van der Waals surface area contributed by atoms with E-state index in [-0.39, 0.29) is 12.3 Å². The first-order valence-corrected chi connectivity index (χ1v) is 12.8. The Hall–Kier alpha value is -2.67. The molecule has 2 N–H and O–H groups in total. The van der Waals surface area contributed by atoms with Crippen LogP contribution in [0.15, 0.2) is 35.7 Å². The lowest BCUT2D eigenvalue weighted by atomic mass is 9.97. The Balaban J connectivity index is 1.91. The van der Waals surface area contributed by atoms with Crippen LogP contribution in [-0.2, 0) is 11.2 Å². The van der Waals surface area contributed by atoms with Crippen molar-refractivity contribution < 1.29 is 14.7 Å². The Bertz CT molecular complexity index is 1070. The summed E-state index contributed by atoms with van der Waals surface area (Å²) in [5.41, 5.74) is 2.35. The number of carboxylic acids is 1. The van der Waals surface area contributed by atoms with Gasteiger partial charge in [0, 0.05) is 28.9 Å². The summed E-state index contributed by atoms with van der Waals surface area (Å²) >= 11 is 1.72. The maximum Gasteiger partial charge on any atom is 0.305 e. The maximum atomic E-state index is 13.0. The first-order valence-electron chi connectivity index (χ1n) is 11.9. The lowest BCUT2D eigenvalue weighted by molar-refractivity contribution is -0.137. The molecule has 2 atom stereocenters. The van der Waals surface area contributed by atoms with Gasteiger partial charge < -0.3 is 15.0 Å². The van der Waals surface area contributed by atoms with E-state index in [0.29, 0.717) is 23.9 Å². The summed E-state index contributed by atoms with van der Waals surface area (Å²) in [6.45, 7) is 8.53. The smallest absolute Gasteiger partial charge is 0.305 e. The van der Waals surface area contributed by atoms with E-state index in [1.807, 2.05) is 18.2 Å². The molecule has 2 heterocycles. The van der Waals surface area contributed by atoms with Crippen molar-refractivity contribution in [3.63, 3.8) is 0 Å². The highest BCUT2D eigenvalue weighted by molar-refractivity contribution is 7.09. The number of carboxylic acid groups (broad SMARTS) is 1. The van der Waals surface area contributed by atoms with Gasteiger partial charge in [-0.15, -0.1) is 11.3 Å². The SMILES string of the molecule is CCC(C)C[C@H](CC(=O)O)NC(=O)c1ccc2c(c1)nc(Cc1cccs1)n2C(CC)CC. The molecule has 0 saturated carbocycles. The van der Waals surface area contributed by atoms with Gasteiger partial charge in [0.15, 0.2) is 0 Å². The predicted molar refractivity (Wildman–Crippen MR) is 134 cm³/mol. The molecule has 0 aliphatic carbocycles. The number of aliphatic carboxylic acids is 1. The number of imidazole rings is 1. The van der Waals surface area contributed by atoms with Gasteiger partial charge in [0.05, 0.1) is 17.5 Å². The fourth-order valence-electron chi connectivity index (χ4n) is 4.37. The average molecular weight is 470 g/mol. The minimum Gasteiger partial charge on any atom is -0.481 e. The van der Waals surface area contributed by atoms with Crippen LogP contribution in [0.1, 0.15) is 86.9 Å². The third-order valence-electron chi connectivity index (χ3n) is 6.38. The number of hydrogen-bond donors (Lipinski definition) is 2. The molecule has 0 saturated heterocycles. The standard InChI is InChI=1S/C26H35N3O3S/c1-5-17(4)13-19(15-25(30)31)27-26(32)18-10-11-23-22(14-18)28-24(16-21-9-8-12-33-21)29(23)20(6-2)7-3/h8-12,14,17,19-20H,5-7,13,15-16H2,1-4H3,(H,27,32)(H,30,31)/t17?,19-/m1/s1. The summed E-state index contributed by atoms with van der Waals surface area (Å²) in [5.74, 6) is 0.205. The molecular weight excluding hydrogens is 434 g/mol. The van der Waals surface area contributed by atoms with Gasteiger partial charge in [-0.2, -0.15) is 0 Å². The Morgan fingerprint density at radius 3 is 2.52 bits per heavy atom. The number of carbonyl (C=O) groups is 2. The van der Waals surface area contributed by atoms with Crippen molar-refractivity contribution in [3.05, 3.63) is 52.0 Å². The second kappa shape index (κ2) is 11.5. The molecule has 178 valence electrons. The van der Waals surface area contributed by atoms with E-state index in [1.165, 1.54) is 4.88 Å². The third-order valence-corrected chi connectivity index (χ3v) is 7.26. The quantitative estimate of drug-likeness (QED) is 0.338. The molecule has 1 aromatic carbocycles. The van der Waals surface area contributed by atoms with E-state index in [0.717, 1.165) is 42.5 Å². The highest BCUT2D eigenvalue weighted by atomic mass is 32.1. The number of hydrogen-bond acceptors (Lipinski definition) is 4. The van der Waals surface area contributed by atoms with Crippen LogP contribution in [0.2, 0.25) is 0 Å². The number of amides is 1. The molecule has 0 radical (unpaired) electrons. The molecule has 0 fully saturated rings. The largest absolute Gasteiger partial charge is 0.481 e.